The van der Waals surface area contributed by atoms with E-state index in [-0.39, 0.29) is 0 Å². The van der Waals surface area contributed by atoms with Crippen molar-refractivity contribution in [1.82, 2.24) is 0 Å². The number of esters is 4. The SMILES string of the molecule is COC(=O)[C@H]1OC(O)[C@H](OC(=O)C(C)C)[C@@H](OC(=O)C(C)C)[C@@H]1OC(=O)C(C)C. The molecule has 1 aliphatic rings. The van der Waals surface area contributed by atoms with Crippen molar-refractivity contribution in [2.45, 2.75) is 72.2 Å². The molecule has 0 spiro atoms. The highest BCUT2D eigenvalue weighted by Crippen LogP contribution is 2.30. The Kier molecular flexibility index (Phi) is 9.03. The Morgan fingerprint density at radius 2 is 1.10 bits per heavy atom. The van der Waals surface area contributed by atoms with Crippen LogP contribution in [-0.2, 0) is 42.9 Å². The van der Waals surface area contributed by atoms with Crippen LogP contribution in [0.1, 0.15) is 41.5 Å². The van der Waals surface area contributed by atoms with Crippen LogP contribution in [0.2, 0.25) is 0 Å². The summed E-state index contributed by atoms with van der Waals surface area (Å²) in [6.07, 6.45) is -7.90. The van der Waals surface area contributed by atoms with Gasteiger partial charge < -0.3 is 28.8 Å². The lowest BCUT2D eigenvalue weighted by atomic mass is 9.97. The first-order chi connectivity index (χ1) is 13.4. The maximum absolute atomic E-state index is 12.3. The lowest BCUT2D eigenvalue weighted by Gasteiger charge is -2.42. The second kappa shape index (κ2) is 10.5. The van der Waals surface area contributed by atoms with E-state index in [0.29, 0.717) is 0 Å². The number of rotatable bonds is 7. The first-order valence-electron chi connectivity index (χ1n) is 9.43. The molecule has 10 nitrogen and oxygen atoms in total. The van der Waals surface area contributed by atoms with Gasteiger partial charge in [0.2, 0.25) is 0 Å². The van der Waals surface area contributed by atoms with E-state index in [4.69, 9.17) is 18.9 Å². The maximum Gasteiger partial charge on any atom is 0.339 e. The lowest BCUT2D eigenvalue weighted by molar-refractivity contribution is -0.292. The molecule has 0 amide bonds. The molecule has 1 N–H and O–H groups in total. The average molecular weight is 418 g/mol. The minimum absolute atomic E-state index is 0.557. The molecular weight excluding hydrogens is 388 g/mol. The van der Waals surface area contributed by atoms with Gasteiger partial charge in [0.25, 0.3) is 0 Å². The highest BCUT2D eigenvalue weighted by Gasteiger charge is 2.55. The van der Waals surface area contributed by atoms with Crippen molar-refractivity contribution in [3.63, 3.8) is 0 Å². The molecule has 166 valence electrons. The highest BCUT2D eigenvalue weighted by molar-refractivity contribution is 5.78. The summed E-state index contributed by atoms with van der Waals surface area (Å²) in [5, 5.41) is 10.4. The van der Waals surface area contributed by atoms with E-state index >= 15 is 0 Å². The molecule has 1 aliphatic heterocycles. The molecule has 0 aromatic rings. The van der Waals surface area contributed by atoms with Crippen molar-refractivity contribution >= 4 is 23.9 Å². The molecule has 0 radical (unpaired) electrons. The summed E-state index contributed by atoms with van der Waals surface area (Å²) >= 11 is 0. The van der Waals surface area contributed by atoms with Crippen molar-refractivity contribution < 1.29 is 48.0 Å². The molecule has 29 heavy (non-hydrogen) atoms. The summed E-state index contributed by atoms with van der Waals surface area (Å²) in [6, 6.07) is 0. The topological polar surface area (TPSA) is 135 Å². The van der Waals surface area contributed by atoms with Crippen molar-refractivity contribution in [2.75, 3.05) is 7.11 Å². The van der Waals surface area contributed by atoms with E-state index in [2.05, 4.69) is 4.74 Å². The quantitative estimate of drug-likeness (QED) is 0.462. The first-order valence-corrected chi connectivity index (χ1v) is 9.43. The van der Waals surface area contributed by atoms with Gasteiger partial charge in [-0.1, -0.05) is 41.5 Å². The fraction of sp³-hybridized carbons (Fsp3) is 0.789. The van der Waals surface area contributed by atoms with Crippen LogP contribution in [0.4, 0.5) is 0 Å². The van der Waals surface area contributed by atoms with Crippen molar-refractivity contribution in [3.8, 4) is 0 Å². The van der Waals surface area contributed by atoms with Gasteiger partial charge in [0.1, 0.15) is 0 Å². The molecular formula is C19H30O10. The Labute approximate surface area is 169 Å². The van der Waals surface area contributed by atoms with Crippen LogP contribution >= 0.6 is 0 Å². The van der Waals surface area contributed by atoms with E-state index in [1.54, 1.807) is 41.5 Å². The summed E-state index contributed by atoms with van der Waals surface area (Å²) in [5.41, 5.74) is 0. The zero-order chi connectivity index (χ0) is 22.5. The lowest BCUT2D eigenvalue weighted by Crippen LogP contribution is -2.63. The van der Waals surface area contributed by atoms with Gasteiger partial charge >= 0.3 is 23.9 Å². The summed E-state index contributed by atoms with van der Waals surface area (Å²) < 4.78 is 25.9. The highest BCUT2D eigenvalue weighted by atomic mass is 16.7. The minimum atomic E-state index is -1.82. The van der Waals surface area contributed by atoms with Gasteiger partial charge in [-0.25, -0.2) is 4.79 Å². The monoisotopic (exact) mass is 418 g/mol. The van der Waals surface area contributed by atoms with Crippen LogP contribution in [0.25, 0.3) is 0 Å². The molecule has 0 bridgehead atoms. The largest absolute Gasteiger partial charge is 0.467 e. The summed E-state index contributed by atoms with van der Waals surface area (Å²) in [6.45, 7) is 9.42. The molecule has 1 unspecified atom stereocenters. The summed E-state index contributed by atoms with van der Waals surface area (Å²) in [7, 11) is 1.08. The standard InChI is InChI=1S/C19H30O10/c1-8(2)15(20)26-11-12(27-16(21)9(3)4)14(28-17(22)10(5)6)19(24)29-13(11)18(23)25-7/h8-14,19,24H,1-7H3/t11-,12-,13-,14+,19?/m0/s1. The number of carbonyl (C=O) groups is 4. The van der Waals surface area contributed by atoms with Crippen LogP contribution in [0.3, 0.4) is 0 Å². The maximum atomic E-state index is 12.3. The summed E-state index contributed by atoms with van der Waals surface area (Å²) in [4.78, 5) is 48.7. The average Bonchev–Trinajstić information content (AvgIpc) is 2.64. The smallest absolute Gasteiger partial charge is 0.339 e. The number of carbonyl (C=O) groups excluding carboxylic acids is 4. The molecule has 1 rings (SSSR count). The number of aliphatic hydroxyl groups is 1. The first kappa shape index (κ1) is 24.8. The molecule has 1 heterocycles. The van der Waals surface area contributed by atoms with Crippen LogP contribution in [0, 0.1) is 17.8 Å². The number of hydrogen-bond acceptors (Lipinski definition) is 10. The molecule has 0 aromatic carbocycles. The number of methoxy groups -OCH3 is 1. The zero-order valence-electron chi connectivity index (χ0n) is 17.7. The molecule has 5 atom stereocenters. The Hall–Kier alpha value is -2.20. The zero-order valence-corrected chi connectivity index (χ0v) is 17.7. The second-order valence-electron chi connectivity index (χ2n) is 7.64. The van der Waals surface area contributed by atoms with Crippen LogP contribution in [-0.4, -0.2) is 66.8 Å². The van der Waals surface area contributed by atoms with Gasteiger partial charge in [0, 0.05) is 0 Å². The Morgan fingerprint density at radius 3 is 1.48 bits per heavy atom. The second-order valence-corrected chi connectivity index (χ2v) is 7.64. The third-order valence-corrected chi connectivity index (χ3v) is 4.12. The van der Waals surface area contributed by atoms with Crippen molar-refractivity contribution in [2.24, 2.45) is 17.8 Å². The summed E-state index contributed by atoms with van der Waals surface area (Å²) in [5.74, 6) is -4.77. The van der Waals surface area contributed by atoms with Gasteiger partial charge in [0.15, 0.2) is 30.7 Å². The van der Waals surface area contributed by atoms with E-state index in [0.717, 1.165) is 7.11 Å². The van der Waals surface area contributed by atoms with Gasteiger partial charge in [-0.2, -0.15) is 0 Å². The molecule has 10 heteroatoms. The van der Waals surface area contributed by atoms with E-state index in [1.165, 1.54) is 0 Å². The van der Waals surface area contributed by atoms with E-state index in [9.17, 15) is 24.3 Å². The Bertz CT molecular complexity index is 612. The number of ether oxygens (including phenoxy) is 5. The van der Waals surface area contributed by atoms with Gasteiger partial charge in [-0.15, -0.1) is 0 Å². The Balaban J connectivity index is 3.37. The van der Waals surface area contributed by atoms with E-state index < -0.39 is 72.3 Å². The molecule has 1 fully saturated rings. The molecule has 0 aliphatic carbocycles. The van der Waals surface area contributed by atoms with Crippen LogP contribution in [0.15, 0.2) is 0 Å². The van der Waals surface area contributed by atoms with Gasteiger partial charge in [-0.3, -0.25) is 14.4 Å². The molecule has 1 saturated heterocycles. The third kappa shape index (κ3) is 6.40. The third-order valence-electron chi connectivity index (χ3n) is 4.12. The Morgan fingerprint density at radius 1 is 0.724 bits per heavy atom. The normalized spacial score (nSPS) is 26.9. The predicted molar refractivity (Wildman–Crippen MR) is 97.0 cm³/mol. The fourth-order valence-corrected chi connectivity index (χ4v) is 2.33. The van der Waals surface area contributed by atoms with Crippen LogP contribution in [0.5, 0.6) is 0 Å². The van der Waals surface area contributed by atoms with Crippen molar-refractivity contribution in [3.05, 3.63) is 0 Å². The van der Waals surface area contributed by atoms with Gasteiger partial charge in [-0.05, 0) is 0 Å². The van der Waals surface area contributed by atoms with Gasteiger partial charge in [0.05, 0.1) is 24.9 Å². The number of hydrogen-bond donors (Lipinski definition) is 1. The van der Waals surface area contributed by atoms with Crippen molar-refractivity contribution in [1.29, 1.82) is 0 Å². The molecule has 0 aromatic heterocycles. The van der Waals surface area contributed by atoms with E-state index in [1.807, 2.05) is 0 Å². The fourth-order valence-electron chi connectivity index (χ4n) is 2.33. The van der Waals surface area contributed by atoms with Crippen LogP contribution < -0.4 is 0 Å². The number of aliphatic hydroxyl groups excluding tert-OH is 1. The molecule has 0 saturated carbocycles. The predicted octanol–water partition coefficient (Wildman–Crippen LogP) is 0.580. The minimum Gasteiger partial charge on any atom is -0.467 e.